The third-order valence-corrected chi connectivity index (χ3v) is 3.64. The quantitative estimate of drug-likeness (QED) is 0.833. The first kappa shape index (κ1) is 15.6. The minimum atomic E-state index is -0.612. The molecule has 4 nitrogen and oxygen atoms in total. The normalized spacial score (nSPS) is 15.1. The maximum Gasteiger partial charge on any atom is 0.240 e. The number of hydrogen-bond acceptors (Lipinski definition) is 3. The number of nitrogens with one attached hydrogen (secondary N) is 1. The van der Waals surface area contributed by atoms with E-state index in [9.17, 15) is 4.79 Å². The molecule has 3 rings (SSSR count). The van der Waals surface area contributed by atoms with Gasteiger partial charge in [0, 0.05) is 5.39 Å². The third-order valence-electron chi connectivity index (χ3n) is 3.64. The highest BCUT2D eigenvalue weighted by atomic mass is 35.5. The van der Waals surface area contributed by atoms with Gasteiger partial charge in [-0.2, -0.15) is 0 Å². The zero-order valence-corrected chi connectivity index (χ0v) is 12.5. The fourth-order valence-electron chi connectivity index (χ4n) is 2.18. The van der Waals surface area contributed by atoms with Crippen LogP contribution in [0.5, 0.6) is 5.75 Å². The van der Waals surface area contributed by atoms with Crippen LogP contribution in [0.3, 0.4) is 0 Å². The highest BCUT2D eigenvalue weighted by Crippen LogP contribution is 2.32. The summed E-state index contributed by atoms with van der Waals surface area (Å²) in [5, 5.41) is 5.04. The molecule has 5 heteroatoms. The van der Waals surface area contributed by atoms with Gasteiger partial charge >= 0.3 is 0 Å². The Balaban J connectivity index is 0.00000161. The van der Waals surface area contributed by atoms with E-state index >= 15 is 0 Å². The monoisotopic (exact) mass is 306 g/mol. The van der Waals surface area contributed by atoms with Gasteiger partial charge in [-0.1, -0.05) is 36.4 Å². The molecular formula is C16H19ClN2O2. The molecule has 0 aliphatic heterocycles. The number of hydrogen-bond donors (Lipinski definition) is 2. The molecule has 112 valence electrons. The molecule has 1 amide bonds. The predicted octanol–water partition coefficient (Wildman–Crippen LogP) is 2.25. The number of nitrogens with two attached hydrogens (primary N) is 1. The predicted molar refractivity (Wildman–Crippen MR) is 85.9 cm³/mol. The van der Waals surface area contributed by atoms with Crippen molar-refractivity contribution in [2.24, 2.45) is 5.73 Å². The number of carbonyl (C=O) groups is 1. The molecule has 0 spiro atoms. The Hall–Kier alpha value is -1.78. The molecule has 0 atom stereocenters. The summed E-state index contributed by atoms with van der Waals surface area (Å²) in [7, 11) is 0. The van der Waals surface area contributed by atoms with Crippen LogP contribution >= 0.6 is 12.4 Å². The average Bonchev–Trinajstić information content (AvgIpc) is 3.23. The first-order chi connectivity index (χ1) is 9.69. The summed E-state index contributed by atoms with van der Waals surface area (Å²) in [4.78, 5) is 11.7. The van der Waals surface area contributed by atoms with E-state index in [4.69, 9.17) is 10.5 Å². The Bertz CT molecular complexity index is 636. The lowest BCUT2D eigenvalue weighted by molar-refractivity contribution is -0.123. The van der Waals surface area contributed by atoms with Gasteiger partial charge < -0.3 is 15.8 Å². The molecule has 0 aromatic heterocycles. The standard InChI is InChI=1S/C16H18N2O2.ClH/c17-16(8-9-16)15(19)18-10-11-20-14-7-3-5-12-4-1-2-6-13(12)14;/h1-7H,8-11,17H2,(H,18,19);1H. The molecule has 3 N–H and O–H groups in total. The van der Waals surface area contributed by atoms with Crippen molar-refractivity contribution in [3.63, 3.8) is 0 Å². The Labute approximate surface area is 130 Å². The maximum absolute atomic E-state index is 11.7. The van der Waals surface area contributed by atoms with E-state index in [2.05, 4.69) is 17.4 Å². The van der Waals surface area contributed by atoms with Crippen LogP contribution in [0, 0.1) is 0 Å². The van der Waals surface area contributed by atoms with Crippen LogP contribution in [0.25, 0.3) is 10.8 Å². The molecule has 0 unspecified atom stereocenters. The highest BCUT2D eigenvalue weighted by molar-refractivity contribution is 5.89. The first-order valence-electron chi connectivity index (χ1n) is 6.87. The summed E-state index contributed by atoms with van der Waals surface area (Å²) >= 11 is 0. The van der Waals surface area contributed by atoms with Crippen LogP contribution in [-0.2, 0) is 4.79 Å². The maximum atomic E-state index is 11.7. The minimum absolute atomic E-state index is 0. The smallest absolute Gasteiger partial charge is 0.240 e. The van der Waals surface area contributed by atoms with Gasteiger partial charge in [0.15, 0.2) is 0 Å². The summed E-state index contributed by atoms with van der Waals surface area (Å²) in [5.74, 6) is 0.769. The van der Waals surface area contributed by atoms with E-state index in [1.54, 1.807) is 0 Å². The average molecular weight is 307 g/mol. The van der Waals surface area contributed by atoms with Crippen LogP contribution in [0.1, 0.15) is 12.8 Å². The summed E-state index contributed by atoms with van der Waals surface area (Å²) in [6.07, 6.45) is 1.56. The molecule has 0 heterocycles. The molecule has 1 aliphatic rings. The Morgan fingerprint density at radius 3 is 2.67 bits per heavy atom. The molecule has 21 heavy (non-hydrogen) atoms. The van der Waals surface area contributed by atoms with E-state index < -0.39 is 5.54 Å². The van der Waals surface area contributed by atoms with Crippen molar-refractivity contribution in [3.05, 3.63) is 42.5 Å². The number of halogens is 1. The second-order valence-electron chi connectivity index (χ2n) is 5.24. The molecular weight excluding hydrogens is 288 g/mol. The number of ether oxygens (including phenoxy) is 1. The second-order valence-corrected chi connectivity index (χ2v) is 5.24. The minimum Gasteiger partial charge on any atom is -0.491 e. The number of carbonyl (C=O) groups excluding carboxylic acids is 1. The van der Waals surface area contributed by atoms with Crippen LogP contribution in [0.4, 0.5) is 0 Å². The number of fused-ring (bicyclic) bond motifs is 1. The van der Waals surface area contributed by atoms with Gasteiger partial charge in [-0.05, 0) is 24.3 Å². The molecule has 0 bridgehead atoms. The number of amides is 1. The van der Waals surface area contributed by atoms with Gasteiger partial charge in [0.2, 0.25) is 5.91 Å². The molecule has 1 fully saturated rings. The SMILES string of the molecule is Cl.NC1(C(=O)NCCOc2cccc3ccccc23)CC1. The van der Waals surface area contributed by atoms with Crippen molar-refractivity contribution in [2.45, 2.75) is 18.4 Å². The highest BCUT2D eigenvalue weighted by Gasteiger charge is 2.45. The summed E-state index contributed by atoms with van der Waals surface area (Å²) in [5.41, 5.74) is 5.19. The Morgan fingerprint density at radius 1 is 1.19 bits per heavy atom. The fraction of sp³-hybridized carbons (Fsp3) is 0.312. The van der Waals surface area contributed by atoms with Gasteiger partial charge in [-0.3, -0.25) is 4.79 Å². The number of benzene rings is 2. The lowest BCUT2D eigenvalue weighted by atomic mass is 10.1. The van der Waals surface area contributed by atoms with Crippen molar-refractivity contribution in [1.29, 1.82) is 0 Å². The molecule has 2 aromatic rings. The largest absolute Gasteiger partial charge is 0.491 e. The summed E-state index contributed by atoms with van der Waals surface area (Å²) in [6.45, 7) is 0.914. The van der Waals surface area contributed by atoms with E-state index in [1.807, 2.05) is 30.3 Å². The van der Waals surface area contributed by atoms with Gasteiger partial charge in [-0.15, -0.1) is 12.4 Å². The van der Waals surface area contributed by atoms with Gasteiger partial charge in [0.05, 0.1) is 12.1 Å². The van der Waals surface area contributed by atoms with Gasteiger partial charge in [0.25, 0.3) is 0 Å². The van der Waals surface area contributed by atoms with Crippen molar-refractivity contribution < 1.29 is 9.53 Å². The van der Waals surface area contributed by atoms with Crippen LogP contribution in [0.2, 0.25) is 0 Å². The molecule has 0 saturated heterocycles. The van der Waals surface area contributed by atoms with Gasteiger partial charge in [0.1, 0.15) is 12.4 Å². The van der Waals surface area contributed by atoms with Crippen molar-refractivity contribution in [2.75, 3.05) is 13.2 Å². The lowest BCUT2D eigenvalue weighted by Gasteiger charge is -2.12. The van der Waals surface area contributed by atoms with Crippen molar-refractivity contribution in [1.82, 2.24) is 5.32 Å². The fourth-order valence-corrected chi connectivity index (χ4v) is 2.18. The number of rotatable bonds is 5. The van der Waals surface area contributed by atoms with E-state index in [-0.39, 0.29) is 18.3 Å². The summed E-state index contributed by atoms with van der Waals surface area (Å²) in [6, 6.07) is 14.0. The zero-order valence-electron chi connectivity index (χ0n) is 11.7. The van der Waals surface area contributed by atoms with Crippen molar-refractivity contribution >= 4 is 29.1 Å². The van der Waals surface area contributed by atoms with Crippen LogP contribution in [-0.4, -0.2) is 24.6 Å². The Kier molecular flexibility index (Phi) is 4.70. The first-order valence-corrected chi connectivity index (χ1v) is 6.87. The molecule has 0 radical (unpaired) electrons. The van der Waals surface area contributed by atoms with Crippen LogP contribution in [0.15, 0.2) is 42.5 Å². The topological polar surface area (TPSA) is 64.4 Å². The third kappa shape index (κ3) is 3.46. The zero-order chi connectivity index (χ0) is 14.0. The van der Waals surface area contributed by atoms with Crippen LogP contribution < -0.4 is 15.8 Å². The van der Waals surface area contributed by atoms with E-state index in [1.165, 1.54) is 0 Å². The van der Waals surface area contributed by atoms with Crippen molar-refractivity contribution in [3.8, 4) is 5.75 Å². The second kappa shape index (κ2) is 6.33. The molecule has 1 saturated carbocycles. The van der Waals surface area contributed by atoms with E-state index in [0.29, 0.717) is 13.2 Å². The lowest BCUT2D eigenvalue weighted by Crippen LogP contribution is -2.44. The summed E-state index contributed by atoms with van der Waals surface area (Å²) < 4.78 is 5.75. The molecule has 2 aromatic carbocycles. The van der Waals surface area contributed by atoms with Gasteiger partial charge in [-0.25, -0.2) is 0 Å². The van der Waals surface area contributed by atoms with E-state index in [0.717, 1.165) is 29.4 Å². The Morgan fingerprint density at radius 2 is 1.90 bits per heavy atom. The molecule has 1 aliphatic carbocycles.